The van der Waals surface area contributed by atoms with Crippen molar-refractivity contribution in [3.8, 4) is 11.8 Å². The molecular weight excluding hydrogens is 244 g/mol. The highest BCUT2D eigenvalue weighted by molar-refractivity contribution is 6.07. The number of pyridine rings is 1. The molecule has 96 valence electrons. The number of rotatable bonds is 0. The Balaban J connectivity index is 2.21. The molecule has 3 aromatic rings. The molecule has 1 aromatic carbocycles. The van der Waals surface area contributed by atoms with Gasteiger partial charge in [0.25, 0.3) is 6.01 Å². The topological polar surface area (TPSA) is 86.2 Å². The average molecular weight is 256 g/mol. The van der Waals surface area contributed by atoms with E-state index in [4.69, 9.17) is 10.5 Å². The molecule has 1 aliphatic rings. The van der Waals surface area contributed by atoms with Crippen molar-refractivity contribution >= 4 is 27.8 Å². The van der Waals surface area contributed by atoms with E-state index in [2.05, 4.69) is 9.97 Å². The van der Waals surface area contributed by atoms with Gasteiger partial charge in [0.2, 0.25) is 0 Å². The van der Waals surface area contributed by atoms with Crippen LogP contribution in [0.25, 0.3) is 21.9 Å². The monoisotopic (exact) mass is 256 g/mol. The number of fused-ring (bicyclic) bond motifs is 5. The van der Waals surface area contributed by atoms with Crippen molar-refractivity contribution in [2.45, 2.75) is 13.0 Å². The number of nitrogens with two attached hydrogens (primary N) is 1. The summed E-state index contributed by atoms with van der Waals surface area (Å²) in [7, 11) is 0. The van der Waals surface area contributed by atoms with Crippen LogP contribution >= 0.6 is 0 Å². The molecule has 0 spiro atoms. The third-order valence-electron chi connectivity index (χ3n) is 3.41. The molecule has 0 saturated carbocycles. The van der Waals surface area contributed by atoms with Crippen LogP contribution in [0.1, 0.15) is 6.42 Å². The smallest absolute Gasteiger partial charge is 0.297 e. The number of nitrogens with zero attached hydrogens (tertiary/aromatic N) is 3. The Morgan fingerprint density at radius 3 is 3.11 bits per heavy atom. The highest BCUT2D eigenvalue weighted by atomic mass is 16.5. The van der Waals surface area contributed by atoms with Crippen LogP contribution in [0.2, 0.25) is 0 Å². The van der Waals surface area contributed by atoms with Crippen LogP contribution < -0.4 is 10.5 Å². The van der Waals surface area contributed by atoms with Crippen LogP contribution in [-0.2, 0) is 6.54 Å². The summed E-state index contributed by atoms with van der Waals surface area (Å²) in [6.45, 7) is 1.53. The summed E-state index contributed by atoms with van der Waals surface area (Å²) in [6, 6.07) is 5.68. The van der Waals surface area contributed by atoms with E-state index < -0.39 is 0 Å². The highest BCUT2D eigenvalue weighted by Gasteiger charge is 2.20. The molecule has 0 atom stereocenters. The summed E-state index contributed by atoms with van der Waals surface area (Å²) in [5, 5.41) is 10.5. The zero-order valence-electron chi connectivity index (χ0n) is 10.1. The predicted octanol–water partition coefficient (Wildman–Crippen LogP) is 1.65. The largest absolute Gasteiger partial charge is 0.508 e. The molecule has 6 nitrogen and oxygen atoms in total. The van der Waals surface area contributed by atoms with Crippen LogP contribution in [0.4, 0.5) is 5.82 Å². The van der Waals surface area contributed by atoms with E-state index >= 15 is 0 Å². The van der Waals surface area contributed by atoms with Crippen molar-refractivity contribution < 1.29 is 9.84 Å². The molecule has 0 unspecified atom stereocenters. The molecule has 0 bridgehead atoms. The summed E-state index contributed by atoms with van der Waals surface area (Å²) in [5.41, 5.74) is 8.22. The molecule has 4 rings (SSSR count). The van der Waals surface area contributed by atoms with Gasteiger partial charge in [0.1, 0.15) is 11.3 Å². The van der Waals surface area contributed by atoms with Gasteiger partial charge in [0, 0.05) is 18.0 Å². The molecular formula is C13H12N4O2. The molecule has 2 aromatic heterocycles. The Hall–Kier alpha value is -2.50. The number of aryl methyl sites for hydroxylation is 1. The molecule has 0 saturated heterocycles. The minimum absolute atomic E-state index is 0.174. The van der Waals surface area contributed by atoms with E-state index in [-0.39, 0.29) is 5.75 Å². The van der Waals surface area contributed by atoms with Gasteiger partial charge >= 0.3 is 0 Å². The van der Waals surface area contributed by atoms with E-state index in [1.807, 2.05) is 10.6 Å². The van der Waals surface area contributed by atoms with Crippen LogP contribution in [0.15, 0.2) is 18.2 Å². The Labute approximate surface area is 108 Å². The second-order valence-corrected chi connectivity index (χ2v) is 4.64. The van der Waals surface area contributed by atoms with E-state index in [0.29, 0.717) is 29.5 Å². The lowest BCUT2D eigenvalue weighted by Gasteiger charge is -2.15. The molecule has 19 heavy (non-hydrogen) atoms. The minimum atomic E-state index is 0.174. The number of phenolic OH excluding ortho intramolecular Hbond substituents is 1. The number of hydrogen-bond donors (Lipinski definition) is 2. The fraction of sp³-hybridized carbons (Fsp3) is 0.231. The minimum Gasteiger partial charge on any atom is -0.508 e. The lowest BCUT2D eigenvalue weighted by molar-refractivity contribution is 0.234. The van der Waals surface area contributed by atoms with Gasteiger partial charge in [-0.1, -0.05) is 0 Å². The van der Waals surface area contributed by atoms with E-state index in [0.717, 1.165) is 23.9 Å². The summed E-state index contributed by atoms with van der Waals surface area (Å²) in [6.07, 6.45) is 0.945. The zero-order chi connectivity index (χ0) is 13.0. The normalized spacial score (nSPS) is 14.5. The van der Waals surface area contributed by atoms with Crippen molar-refractivity contribution in [2.24, 2.45) is 0 Å². The Kier molecular flexibility index (Phi) is 1.92. The molecule has 0 radical (unpaired) electrons. The van der Waals surface area contributed by atoms with Gasteiger partial charge in [-0.25, -0.2) is 4.98 Å². The van der Waals surface area contributed by atoms with Crippen LogP contribution in [0, 0.1) is 0 Å². The fourth-order valence-electron chi connectivity index (χ4n) is 2.58. The van der Waals surface area contributed by atoms with E-state index in [1.54, 1.807) is 12.1 Å². The van der Waals surface area contributed by atoms with Crippen molar-refractivity contribution in [1.82, 2.24) is 14.5 Å². The molecule has 1 aliphatic heterocycles. The first-order chi connectivity index (χ1) is 9.24. The number of aromatic hydroxyl groups is 1. The molecule has 3 N–H and O–H groups in total. The maximum Gasteiger partial charge on any atom is 0.297 e. The third kappa shape index (κ3) is 1.36. The lowest BCUT2D eigenvalue weighted by atomic mass is 10.1. The Bertz CT molecular complexity index is 809. The van der Waals surface area contributed by atoms with Crippen molar-refractivity contribution in [1.29, 1.82) is 0 Å². The summed E-state index contributed by atoms with van der Waals surface area (Å²) >= 11 is 0. The Morgan fingerprint density at radius 1 is 1.32 bits per heavy atom. The van der Waals surface area contributed by atoms with Gasteiger partial charge < -0.3 is 15.6 Å². The third-order valence-corrected chi connectivity index (χ3v) is 3.41. The van der Waals surface area contributed by atoms with Gasteiger partial charge in [-0.15, -0.1) is 0 Å². The van der Waals surface area contributed by atoms with Crippen LogP contribution in [-0.4, -0.2) is 26.2 Å². The number of hydrogen-bond acceptors (Lipinski definition) is 5. The van der Waals surface area contributed by atoms with Gasteiger partial charge in [0.05, 0.1) is 17.6 Å². The van der Waals surface area contributed by atoms with E-state index in [1.165, 1.54) is 0 Å². The summed E-state index contributed by atoms with van der Waals surface area (Å²) in [5.74, 6) is 0.534. The maximum absolute atomic E-state index is 9.55. The first kappa shape index (κ1) is 10.4. The number of ether oxygens (including phenoxy) is 1. The number of imidazole rings is 1. The number of nitrogen functional groups attached to an aromatic ring is 1. The predicted molar refractivity (Wildman–Crippen MR) is 71.2 cm³/mol. The van der Waals surface area contributed by atoms with Crippen molar-refractivity contribution in [2.75, 3.05) is 12.3 Å². The summed E-state index contributed by atoms with van der Waals surface area (Å²) in [4.78, 5) is 8.71. The number of anilines is 1. The molecule has 0 amide bonds. The van der Waals surface area contributed by atoms with Gasteiger partial charge in [-0.3, -0.25) is 4.57 Å². The van der Waals surface area contributed by atoms with Gasteiger partial charge in [0.15, 0.2) is 5.82 Å². The first-order valence-electron chi connectivity index (χ1n) is 6.15. The van der Waals surface area contributed by atoms with Crippen LogP contribution in [0.5, 0.6) is 11.8 Å². The number of benzene rings is 1. The van der Waals surface area contributed by atoms with Crippen molar-refractivity contribution in [3.63, 3.8) is 0 Å². The quantitative estimate of drug-likeness (QED) is 0.638. The second kappa shape index (κ2) is 3.50. The SMILES string of the molecule is Nc1nc2cc(O)ccc2c2c1nc1n2CCCO1. The van der Waals surface area contributed by atoms with Gasteiger partial charge in [-0.05, 0) is 18.6 Å². The fourth-order valence-corrected chi connectivity index (χ4v) is 2.58. The standard InChI is InChI=1S/C13H12N4O2/c14-12-10-11(17-4-1-5-19-13(17)16-10)8-3-2-7(18)6-9(8)15-12/h2-3,6,18H,1,4-5H2,(H2,14,15). The second-order valence-electron chi connectivity index (χ2n) is 4.64. The number of aromatic nitrogens is 3. The Morgan fingerprint density at radius 2 is 2.21 bits per heavy atom. The van der Waals surface area contributed by atoms with Crippen LogP contribution in [0.3, 0.4) is 0 Å². The zero-order valence-corrected chi connectivity index (χ0v) is 10.1. The van der Waals surface area contributed by atoms with Crippen molar-refractivity contribution in [3.05, 3.63) is 18.2 Å². The van der Waals surface area contributed by atoms with Gasteiger partial charge in [-0.2, -0.15) is 4.98 Å². The molecule has 0 aliphatic carbocycles. The first-order valence-corrected chi connectivity index (χ1v) is 6.15. The van der Waals surface area contributed by atoms with E-state index in [9.17, 15) is 5.11 Å². The molecule has 0 fully saturated rings. The molecule has 3 heterocycles. The highest BCUT2D eigenvalue weighted by Crippen LogP contribution is 2.33. The lowest BCUT2D eigenvalue weighted by Crippen LogP contribution is -2.14. The molecule has 6 heteroatoms. The summed E-state index contributed by atoms with van der Waals surface area (Å²) < 4.78 is 7.58. The average Bonchev–Trinajstić information content (AvgIpc) is 2.79. The number of phenols is 1. The maximum atomic E-state index is 9.55.